The predicted octanol–water partition coefficient (Wildman–Crippen LogP) is 4.59. The zero-order valence-electron chi connectivity index (χ0n) is 12.7. The lowest BCUT2D eigenvalue weighted by molar-refractivity contribution is 0.613. The number of hydrogen-bond donors (Lipinski definition) is 2. The highest BCUT2D eigenvalue weighted by atomic mass is 14.5. The first-order valence-corrected chi connectivity index (χ1v) is 7.93. The molecule has 2 nitrogen and oxygen atoms in total. The van der Waals surface area contributed by atoms with Gasteiger partial charge >= 0.3 is 0 Å². The SMILES string of the molecule is Nc1ccc(CCCCCCCc2ccc(N)cc2)cc1. The summed E-state index contributed by atoms with van der Waals surface area (Å²) in [5.74, 6) is 0. The number of rotatable bonds is 8. The van der Waals surface area contributed by atoms with Crippen LogP contribution < -0.4 is 11.5 Å². The minimum Gasteiger partial charge on any atom is -0.399 e. The fourth-order valence-electron chi connectivity index (χ4n) is 2.56. The highest BCUT2D eigenvalue weighted by Crippen LogP contribution is 2.13. The molecular weight excluding hydrogens is 256 g/mol. The molecule has 0 unspecified atom stereocenters. The summed E-state index contributed by atoms with van der Waals surface area (Å²) in [6.45, 7) is 0. The van der Waals surface area contributed by atoms with Gasteiger partial charge in [0.25, 0.3) is 0 Å². The van der Waals surface area contributed by atoms with E-state index in [9.17, 15) is 0 Å². The Morgan fingerprint density at radius 1 is 0.476 bits per heavy atom. The van der Waals surface area contributed by atoms with E-state index in [-0.39, 0.29) is 0 Å². The molecule has 0 spiro atoms. The normalized spacial score (nSPS) is 10.7. The van der Waals surface area contributed by atoms with Crippen LogP contribution in [0.1, 0.15) is 43.2 Å². The summed E-state index contributed by atoms with van der Waals surface area (Å²) in [6, 6.07) is 16.5. The maximum Gasteiger partial charge on any atom is 0.0314 e. The van der Waals surface area contributed by atoms with Gasteiger partial charge in [-0.25, -0.2) is 0 Å². The number of benzene rings is 2. The maximum absolute atomic E-state index is 5.69. The molecule has 0 radical (unpaired) electrons. The minimum absolute atomic E-state index is 0.849. The molecule has 4 N–H and O–H groups in total. The number of nitrogens with two attached hydrogens (primary N) is 2. The number of aryl methyl sites for hydroxylation is 2. The van der Waals surface area contributed by atoms with E-state index >= 15 is 0 Å². The van der Waals surface area contributed by atoms with Crippen molar-refractivity contribution in [3.8, 4) is 0 Å². The zero-order chi connectivity index (χ0) is 14.9. The third kappa shape index (κ3) is 5.90. The largest absolute Gasteiger partial charge is 0.399 e. The van der Waals surface area contributed by atoms with Crippen LogP contribution in [0.15, 0.2) is 48.5 Å². The molecule has 0 heterocycles. The van der Waals surface area contributed by atoms with E-state index in [0.29, 0.717) is 0 Å². The van der Waals surface area contributed by atoms with E-state index in [1.54, 1.807) is 0 Å². The topological polar surface area (TPSA) is 52.0 Å². The molecule has 2 aromatic rings. The van der Waals surface area contributed by atoms with Crippen LogP contribution in [0.5, 0.6) is 0 Å². The Labute approximate surface area is 128 Å². The molecular formula is C19H26N2. The molecule has 112 valence electrons. The molecule has 0 atom stereocenters. The van der Waals surface area contributed by atoms with Gasteiger partial charge in [-0.1, -0.05) is 43.5 Å². The van der Waals surface area contributed by atoms with Crippen molar-refractivity contribution in [1.29, 1.82) is 0 Å². The van der Waals surface area contributed by atoms with Crippen LogP contribution in [0.25, 0.3) is 0 Å². The van der Waals surface area contributed by atoms with Gasteiger partial charge in [-0.05, 0) is 61.1 Å². The van der Waals surface area contributed by atoms with Crippen LogP contribution in [0, 0.1) is 0 Å². The Morgan fingerprint density at radius 2 is 0.810 bits per heavy atom. The number of unbranched alkanes of at least 4 members (excludes halogenated alkanes) is 4. The summed E-state index contributed by atoms with van der Waals surface area (Å²) >= 11 is 0. The first-order chi connectivity index (χ1) is 10.2. The first-order valence-electron chi connectivity index (χ1n) is 7.93. The molecule has 2 aromatic carbocycles. The average Bonchev–Trinajstić information content (AvgIpc) is 2.50. The summed E-state index contributed by atoms with van der Waals surface area (Å²) in [4.78, 5) is 0. The van der Waals surface area contributed by atoms with Gasteiger partial charge < -0.3 is 11.5 Å². The molecule has 0 aliphatic carbocycles. The molecule has 2 rings (SSSR count). The van der Waals surface area contributed by atoms with Crippen molar-refractivity contribution in [3.05, 3.63) is 59.7 Å². The zero-order valence-corrected chi connectivity index (χ0v) is 12.7. The number of anilines is 2. The summed E-state index contributed by atoms with van der Waals surface area (Å²) in [7, 11) is 0. The van der Waals surface area contributed by atoms with Crippen molar-refractivity contribution in [1.82, 2.24) is 0 Å². The van der Waals surface area contributed by atoms with E-state index in [0.717, 1.165) is 24.2 Å². The van der Waals surface area contributed by atoms with E-state index in [1.165, 1.54) is 43.2 Å². The Bertz CT molecular complexity index is 465. The van der Waals surface area contributed by atoms with Gasteiger partial charge in [0.2, 0.25) is 0 Å². The van der Waals surface area contributed by atoms with Gasteiger partial charge in [0, 0.05) is 11.4 Å². The van der Waals surface area contributed by atoms with Crippen molar-refractivity contribution < 1.29 is 0 Å². The number of nitrogen functional groups attached to an aromatic ring is 2. The van der Waals surface area contributed by atoms with Crippen LogP contribution >= 0.6 is 0 Å². The molecule has 0 saturated carbocycles. The van der Waals surface area contributed by atoms with E-state index in [2.05, 4.69) is 24.3 Å². The smallest absolute Gasteiger partial charge is 0.0314 e. The van der Waals surface area contributed by atoms with Crippen LogP contribution in [-0.2, 0) is 12.8 Å². The van der Waals surface area contributed by atoms with Gasteiger partial charge in [0.05, 0.1) is 0 Å². The summed E-state index contributed by atoms with van der Waals surface area (Å²) in [5, 5.41) is 0. The van der Waals surface area contributed by atoms with Gasteiger partial charge in [0.1, 0.15) is 0 Å². The summed E-state index contributed by atoms with van der Waals surface area (Å²) in [6.07, 6.45) is 8.82. The van der Waals surface area contributed by atoms with Gasteiger partial charge in [-0.3, -0.25) is 0 Å². The third-order valence-electron chi connectivity index (χ3n) is 3.89. The fraction of sp³-hybridized carbons (Fsp3) is 0.368. The highest BCUT2D eigenvalue weighted by molar-refractivity contribution is 5.39. The maximum atomic E-state index is 5.69. The quantitative estimate of drug-likeness (QED) is 0.549. The van der Waals surface area contributed by atoms with E-state index in [1.807, 2.05) is 24.3 Å². The van der Waals surface area contributed by atoms with E-state index < -0.39 is 0 Å². The lowest BCUT2D eigenvalue weighted by Crippen LogP contribution is -1.90. The molecule has 0 amide bonds. The van der Waals surface area contributed by atoms with Gasteiger partial charge in [-0.2, -0.15) is 0 Å². The first kappa shape index (κ1) is 15.4. The lowest BCUT2D eigenvalue weighted by Gasteiger charge is -2.04. The molecule has 21 heavy (non-hydrogen) atoms. The standard InChI is InChI=1S/C19H26N2/c20-18-12-8-16(9-13-18)6-4-2-1-3-5-7-17-10-14-19(21)15-11-17/h8-15H,1-7,20-21H2. The second-order valence-corrected chi connectivity index (χ2v) is 5.75. The van der Waals surface area contributed by atoms with Crippen molar-refractivity contribution in [2.75, 3.05) is 11.5 Å². The highest BCUT2D eigenvalue weighted by Gasteiger charge is 1.96. The molecule has 0 aliphatic rings. The third-order valence-corrected chi connectivity index (χ3v) is 3.89. The average molecular weight is 282 g/mol. The Morgan fingerprint density at radius 3 is 1.19 bits per heavy atom. The van der Waals surface area contributed by atoms with Crippen LogP contribution in [-0.4, -0.2) is 0 Å². The Kier molecular flexibility index (Phi) is 6.14. The van der Waals surface area contributed by atoms with Crippen molar-refractivity contribution >= 4 is 11.4 Å². The van der Waals surface area contributed by atoms with Crippen molar-refractivity contribution in [2.45, 2.75) is 44.9 Å². The van der Waals surface area contributed by atoms with Crippen molar-refractivity contribution in [2.24, 2.45) is 0 Å². The van der Waals surface area contributed by atoms with Crippen LogP contribution in [0.2, 0.25) is 0 Å². The Balaban J connectivity index is 1.52. The molecule has 0 aromatic heterocycles. The lowest BCUT2D eigenvalue weighted by atomic mass is 10.0. The molecule has 0 fully saturated rings. The van der Waals surface area contributed by atoms with Gasteiger partial charge in [-0.15, -0.1) is 0 Å². The monoisotopic (exact) mass is 282 g/mol. The minimum atomic E-state index is 0.849. The summed E-state index contributed by atoms with van der Waals surface area (Å²) < 4.78 is 0. The van der Waals surface area contributed by atoms with Gasteiger partial charge in [0.15, 0.2) is 0 Å². The van der Waals surface area contributed by atoms with Crippen LogP contribution in [0.4, 0.5) is 11.4 Å². The number of hydrogen-bond acceptors (Lipinski definition) is 2. The second-order valence-electron chi connectivity index (χ2n) is 5.75. The molecule has 0 bridgehead atoms. The molecule has 0 aliphatic heterocycles. The predicted molar refractivity (Wildman–Crippen MR) is 92.2 cm³/mol. The molecule has 0 saturated heterocycles. The Hall–Kier alpha value is -1.96. The molecule has 2 heteroatoms. The summed E-state index contributed by atoms with van der Waals surface area (Å²) in [5.41, 5.74) is 15.9. The van der Waals surface area contributed by atoms with Crippen molar-refractivity contribution in [3.63, 3.8) is 0 Å². The second kappa shape index (κ2) is 8.35. The van der Waals surface area contributed by atoms with E-state index in [4.69, 9.17) is 11.5 Å². The fourth-order valence-corrected chi connectivity index (χ4v) is 2.56. The van der Waals surface area contributed by atoms with Crippen LogP contribution in [0.3, 0.4) is 0 Å².